The van der Waals surface area contributed by atoms with Crippen LogP contribution in [0.4, 0.5) is 0 Å². The highest BCUT2D eigenvalue weighted by molar-refractivity contribution is 8.02. The van der Waals surface area contributed by atoms with Gasteiger partial charge < -0.3 is 20.1 Å². The third kappa shape index (κ3) is 10.1. The summed E-state index contributed by atoms with van der Waals surface area (Å²) in [4.78, 5) is 27.0. The highest BCUT2D eigenvalue weighted by Crippen LogP contribution is 2.31. The maximum absolute atomic E-state index is 9.18. The third-order valence-corrected chi connectivity index (χ3v) is 6.22. The fourth-order valence-corrected chi connectivity index (χ4v) is 4.33. The van der Waals surface area contributed by atoms with E-state index in [1.807, 2.05) is 23.8 Å². The maximum atomic E-state index is 9.18. The minimum absolute atomic E-state index is 0.431. The first-order chi connectivity index (χ1) is 17.1. The first kappa shape index (κ1) is 28.3. The zero-order valence-corrected chi connectivity index (χ0v) is 22.2. The molecule has 2 aromatic rings. The van der Waals surface area contributed by atoms with Crippen molar-refractivity contribution in [3.05, 3.63) is 34.4 Å². The molecule has 35 heavy (non-hydrogen) atoms. The number of aliphatic imine (C=N–C) groups is 2. The van der Waals surface area contributed by atoms with Gasteiger partial charge in [-0.1, -0.05) is 13.3 Å². The van der Waals surface area contributed by atoms with Gasteiger partial charge in [-0.2, -0.15) is 0 Å². The van der Waals surface area contributed by atoms with Gasteiger partial charge in [-0.15, -0.1) is 23.1 Å². The molecule has 11 heteroatoms. The number of thioether (sulfide) groups is 1. The summed E-state index contributed by atoms with van der Waals surface area (Å²) >= 11 is 3.17. The minimum atomic E-state index is 0.431. The van der Waals surface area contributed by atoms with E-state index in [0.29, 0.717) is 25.6 Å². The van der Waals surface area contributed by atoms with Gasteiger partial charge in [0, 0.05) is 35.1 Å². The monoisotopic (exact) mass is 518 g/mol. The van der Waals surface area contributed by atoms with E-state index in [1.54, 1.807) is 36.2 Å². The van der Waals surface area contributed by atoms with E-state index in [9.17, 15) is 4.79 Å². The molecule has 0 saturated heterocycles. The second-order valence-electron chi connectivity index (χ2n) is 7.26. The number of nitrogens with zero attached hydrogens (tertiary/aromatic N) is 4. The molecular weight excluding hydrogens is 484 g/mol. The van der Waals surface area contributed by atoms with Crippen LogP contribution in [0.15, 0.2) is 33.0 Å². The minimum Gasteiger partial charge on any atom is -0.492 e. The van der Waals surface area contributed by atoms with Gasteiger partial charge in [0.1, 0.15) is 16.5 Å². The van der Waals surface area contributed by atoms with Crippen LogP contribution in [0.1, 0.15) is 44.5 Å². The molecule has 0 saturated carbocycles. The Balaban J connectivity index is 0.000000784. The number of guanidine groups is 1. The Kier molecular flexibility index (Phi) is 13.5. The van der Waals surface area contributed by atoms with Crippen LogP contribution < -0.4 is 15.4 Å². The summed E-state index contributed by atoms with van der Waals surface area (Å²) in [6.45, 7) is 13.0. The van der Waals surface area contributed by atoms with E-state index in [0.717, 1.165) is 71.7 Å². The number of carbonyl (C=O) groups excluding carboxylic acids is 1. The van der Waals surface area contributed by atoms with E-state index >= 15 is 0 Å². The van der Waals surface area contributed by atoms with Gasteiger partial charge in [-0.05, 0) is 39.5 Å². The third-order valence-electron chi connectivity index (χ3n) is 4.65. The lowest BCUT2D eigenvalue weighted by molar-refractivity contribution is -0.128. The van der Waals surface area contributed by atoms with Crippen molar-refractivity contribution in [2.45, 2.75) is 40.0 Å². The van der Waals surface area contributed by atoms with Crippen LogP contribution >= 0.6 is 23.1 Å². The van der Waals surface area contributed by atoms with Gasteiger partial charge >= 0.3 is 0 Å². The van der Waals surface area contributed by atoms with Crippen LogP contribution in [0, 0.1) is 6.92 Å². The first-order valence-corrected chi connectivity index (χ1v) is 13.5. The van der Waals surface area contributed by atoms with Gasteiger partial charge in [0.25, 0.3) is 6.47 Å². The van der Waals surface area contributed by atoms with Crippen molar-refractivity contribution in [3.8, 4) is 16.3 Å². The number of aromatic nitrogens is 2. The van der Waals surface area contributed by atoms with E-state index in [1.165, 1.54) is 0 Å². The average Bonchev–Trinajstić information content (AvgIpc) is 3.36. The van der Waals surface area contributed by atoms with Crippen LogP contribution in [0.2, 0.25) is 0 Å². The number of nitrogens with one attached hydrogen (secondary N) is 2. The number of hydrogen-bond acceptors (Lipinski definition) is 11. The van der Waals surface area contributed by atoms with Crippen molar-refractivity contribution in [2.24, 2.45) is 9.98 Å². The lowest BCUT2D eigenvalue weighted by atomic mass is 10.2. The molecule has 0 atom stereocenters. The molecule has 1 aliphatic rings. The molecule has 0 amide bonds. The normalized spacial score (nSPS) is 13.0. The molecule has 0 bridgehead atoms. The van der Waals surface area contributed by atoms with Gasteiger partial charge in [-0.3, -0.25) is 19.8 Å². The summed E-state index contributed by atoms with van der Waals surface area (Å²) in [6, 6.07) is 2.02. The van der Waals surface area contributed by atoms with Gasteiger partial charge in [0.05, 0.1) is 31.0 Å². The topological polar surface area (TPSA) is 110 Å². The molecule has 9 nitrogen and oxygen atoms in total. The van der Waals surface area contributed by atoms with Crippen LogP contribution in [0.25, 0.3) is 16.3 Å². The predicted molar refractivity (Wildman–Crippen MR) is 146 cm³/mol. The molecule has 1 aliphatic heterocycles. The number of carbonyl (C=O) groups is 1. The van der Waals surface area contributed by atoms with E-state index < -0.39 is 0 Å². The summed E-state index contributed by atoms with van der Waals surface area (Å²) in [5.41, 5.74) is 3.47. The summed E-state index contributed by atoms with van der Waals surface area (Å²) in [6.07, 6.45) is 4.98. The fraction of sp³-hybridized carbons (Fsp3) is 0.458. The molecule has 0 aromatic carbocycles. The number of rotatable bonds is 12. The largest absolute Gasteiger partial charge is 0.492 e. The number of pyridine rings is 1. The van der Waals surface area contributed by atoms with Gasteiger partial charge in [0.15, 0.2) is 5.96 Å². The SMILES string of the molecule is C=N/C(=C\SCNC1=NCCCN1)c1csc(-c2cc(OCCCC)cnc2C)n1.CCOC=O. The fourth-order valence-electron chi connectivity index (χ4n) is 2.79. The van der Waals surface area contributed by atoms with Crippen molar-refractivity contribution >= 4 is 47.9 Å². The molecule has 3 rings (SSSR count). The maximum Gasteiger partial charge on any atom is 0.293 e. The molecule has 190 valence electrons. The molecule has 0 unspecified atom stereocenters. The Morgan fingerprint density at radius 2 is 2.29 bits per heavy atom. The quantitative estimate of drug-likeness (QED) is 0.183. The first-order valence-electron chi connectivity index (χ1n) is 11.5. The lowest BCUT2D eigenvalue weighted by Crippen LogP contribution is -2.40. The second kappa shape index (κ2) is 16.7. The highest BCUT2D eigenvalue weighted by Gasteiger charge is 2.12. The average molecular weight is 519 g/mol. The second-order valence-corrected chi connectivity index (χ2v) is 8.97. The molecule has 0 radical (unpaired) electrons. The van der Waals surface area contributed by atoms with Gasteiger partial charge in [-0.25, -0.2) is 4.98 Å². The molecular formula is C24H34N6O3S2. The number of aryl methyl sites for hydroxylation is 1. The van der Waals surface area contributed by atoms with E-state index in [-0.39, 0.29) is 0 Å². The van der Waals surface area contributed by atoms with E-state index in [4.69, 9.17) is 9.72 Å². The molecule has 0 aliphatic carbocycles. The highest BCUT2D eigenvalue weighted by atomic mass is 32.2. The summed E-state index contributed by atoms with van der Waals surface area (Å²) < 4.78 is 9.96. The number of unbranched alkanes of at least 4 members (excludes halogenated alkanes) is 1. The predicted octanol–water partition coefficient (Wildman–Crippen LogP) is 4.50. The molecule has 2 aromatic heterocycles. The summed E-state index contributed by atoms with van der Waals surface area (Å²) in [5, 5.41) is 11.4. The molecule has 2 N–H and O–H groups in total. The Hall–Kier alpha value is -2.92. The van der Waals surface area contributed by atoms with Crippen LogP contribution in [0.3, 0.4) is 0 Å². The Morgan fingerprint density at radius 1 is 1.43 bits per heavy atom. The van der Waals surface area contributed by atoms with Crippen molar-refractivity contribution in [1.29, 1.82) is 0 Å². The summed E-state index contributed by atoms with van der Waals surface area (Å²) in [7, 11) is 0. The molecule has 3 heterocycles. The molecule has 0 fully saturated rings. The van der Waals surface area contributed by atoms with Gasteiger partial charge in [0.2, 0.25) is 0 Å². The smallest absolute Gasteiger partial charge is 0.293 e. The van der Waals surface area contributed by atoms with Crippen molar-refractivity contribution in [2.75, 3.05) is 32.2 Å². The zero-order valence-electron chi connectivity index (χ0n) is 20.6. The zero-order chi connectivity index (χ0) is 25.3. The van der Waals surface area contributed by atoms with Crippen molar-refractivity contribution in [3.63, 3.8) is 0 Å². The Morgan fingerprint density at radius 3 is 2.94 bits per heavy atom. The van der Waals surface area contributed by atoms with E-state index in [2.05, 4.69) is 44.0 Å². The molecule has 0 spiro atoms. The Labute approximate surface area is 215 Å². The number of hydrogen-bond donors (Lipinski definition) is 2. The number of thiazole rings is 1. The Bertz CT molecular complexity index is 993. The van der Waals surface area contributed by atoms with Crippen molar-refractivity contribution in [1.82, 2.24) is 20.6 Å². The standard InChI is InChI=1S/C21H28N6OS2.C3H6O2/c1-4-5-9-28-16-10-17(15(2)25-11-16)20-27-19(13-30-20)18(22-3)12-29-14-26-21-23-7-6-8-24-21;1-2-5-3-4/h10-13H,3-9,14H2,1-2H3,(H2,23,24,26);3H,2H2,1H3/b18-12-;. The van der Waals surface area contributed by atoms with Crippen LogP contribution in [0.5, 0.6) is 5.75 Å². The summed E-state index contributed by atoms with van der Waals surface area (Å²) in [5.74, 6) is 2.33. The lowest BCUT2D eigenvalue weighted by Gasteiger charge is -2.15. The van der Waals surface area contributed by atoms with Crippen molar-refractivity contribution < 1.29 is 14.3 Å². The van der Waals surface area contributed by atoms with Crippen LogP contribution in [-0.4, -0.2) is 61.3 Å². The number of ether oxygens (including phenoxy) is 2. The van der Waals surface area contributed by atoms with Crippen LogP contribution in [-0.2, 0) is 9.53 Å².